The van der Waals surface area contributed by atoms with Gasteiger partial charge in [-0.05, 0) is 109 Å². The Bertz CT molecular complexity index is 1450. The number of carbonyl (C=O) groups excluding carboxylic acids is 3. The molecule has 388 valence electrons. The van der Waals surface area contributed by atoms with Crippen LogP contribution >= 0.6 is 0 Å². The summed E-state index contributed by atoms with van der Waals surface area (Å²) in [5.41, 5.74) is 0. The van der Waals surface area contributed by atoms with E-state index >= 15 is 0 Å². The summed E-state index contributed by atoms with van der Waals surface area (Å²) in [6.45, 7) is 16.5. The summed E-state index contributed by atoms with van der Waals surface area (Å²) in [4.78, 5) is 38.9. The van der Waals surface area contributed by atoms with Gasteiger partial charge in [-0.3, -0.25) is 9.59 Å². The summed E-state index contributed by atoms with van der Waals surface area (Å²) in [5, 5.41) is 2.90. The third-order valence-corrected chi connectivity index (χ3v) is 13.5. The van der Waals surface area contributed by atoms with Crippen molar-refractivity contribution in [1.29, 1.82) is 0 Å². The molecular weight excluding hydrogens is 841 g/mol. The van der Waals surface area contributed by atoms with Gasteiger partial charge in [0.05, 0.1) is 39.4 Å². The number of hydrogen-bond acceptors (Lipinski definition) is 5. The first kappa shape index (κ1) is 64.6. The van der Waals surface area contributed by atoms with Crippen LogP contribution in [0.2, 0.25) is 0 Å². The molecule has 0 aliphatic heterocycles. The minimum Gasteiger partial charge on any atom is -0.466 e. The maximum atomic E-state index is 13.2. The predicted molar refractivity (Wildman–Crippen MR) is 288 cm³/mol. The van der Waals surface area contributed by atoms with Crippen LogP contribution in [0.4, 0.5) is 0 Å². The Morgan fingerprint density at radius 3 is 1.16 bits per heavy atom. The smallest absolute Gasteiger partial charge is 0.328 e. The minimum absolute atomic E-state index is 0.0665. The normalized spacial score (nSPS) is 11.2. The van der Waals surface area contributed by atoms with Crippen molar-refractivity contribution in [3.8, 4) is 47.4 Å². The zero-order chi connectivity index (χ0) is 49.7. The second-order valence-corrected chi connectivity index (χ2v) is 19.3. The molecule has 0 aliphatic rings. The molecule has 0 saturated carbocycles. The van der Waals surface area contributed by atoms with E-state index < -0.39 is 12.0 Å². The van der Waals surface area contributed by atoms with Crippen molar-refractivity contribution >= 4 is 17.8 Å². The van der Waals surface area contributed by atoms with E-state index in [1.807, 2.05) is 0 Å². The summed E-state index contributed by atoms with van der Waals surface area (Å²) in [5.74, 6) is 23.9. The quantitative estimate of drug-likeness (QED) is 0.0285. The first-order chi connectivity index (χ1) is 33.4. The van der Waals surface area contributed by atoms with Crippen LogP contribution in [0.5, 0.6) is 0 Å². The van der Waals surface area contributed by atoms with Gasteiger partial charge >= 0.3 is 11.9 Å². The van der Waals surface area contributed by atoms with E-state index in [0.29, 0.717) is 19.6 Å². The van der Waals surface area contributed by atoms with Crippen LogP contribution in [-0.2, 0) is 23.9 Å². The molecule has 7 heteroatoms. The molecule has 0 rings (SSSR count). The number of nitrogens with one attached hydrogen (secondary N) is 1. The van der Waals surface area contributed by atoms with Crippen molar-refractivity contribution < 1.29 is 28.3 Å². The molecule has 0 aromatic rings. The van der Waals surface area contributed by atoms with Crippen molar-refractivity contribution in [2.24, 2.45) is 0 Å². The molecule has 0 aromatic heterocycles. The average Bonchev–Trinajstić information content (AvgIpc) is 3.35. The Balaban J connectivity index is 4.41. The van der Waals surface area contributed by atoms with E-state index in [9.17, 15) is 14.4 Å². The monoisotopic (exact) mass is 946 g/mol. The van der Waals surface area contributed by atoms with Gasteiger partial charge in [0.25, 0.3) is 0 Å². The number of quaternary nitrogens is 1. The average molecular weight is 947 g/mol. The first-order valence-electron chi connectivity index (χ1n) is 28.8. The highest BCUT2D eigenvalue weighted by molar-refractivity contribution is 5.85. The van der Waals surface area contributed by atoms with E-state index in [1.165, 1.54) is 122 Å². The lowest BCUT2D eigenvalue weighted by Gasteiger charge is -2.35. The van der Waals surface area contributed by atoms with Crippen molar-refractivity contribution in [2.45, 2.75) is 285 Å². The summed E-state index contributed by atoms with van der Waals surface area (Å²) < 4.78 is 12.3. The van der Waals surface area contributed by atoms with E-state index in [0.717, 1.165) is 133 Å². The molecule has 0 aromatic carbocycles. The minimum atomic E-state index is -0.850. The van der Waals surface area contributed by atoms with Crippen LogP contribution in [0.3, 0.4) is 0 Å². The Hall–Kier alpha value is -3.39. The second kappa shape index (κ2) is 51.5. The number of carbonyl (C=O) groups is 3. The molecule has 0 fully saturated rings. The van der Waals surface area contributed by atoms with Crippen LogP contribution < -0.4 is 5.32 Å². The van der Waals surface area contributed by atoms with Crippen LogP contribution in [0.1, 0.15) is 279 Å². The number of rotatable bonds is 46. The highest BCUT2D eigenvalue weighted by Crippen LogP contribution is 2.14. The third-order valence-electron chi connectivity index (χ3n) is 13.5. The molecule has 68 heavy (non-hydrogen) atoms. The molecule has 0 saturated heterocycles. The number of amides is 1. The molecule has 1 amide bonds. The van der Waals surface area contributed by atoms with Crippen LogP contribution in [0, 0.1) is 47.4 Å². The van der Waals surface area contributed by atoms with Crippen molar-refractivity contribution in [1.82, 2.24) is 5.32 Å². The number of unbranched alkanes of at least 4 members (excludes halogenated alkanes) is 30. The van der Waals surface area contributed by atoms with Crippen molar-refractivity contribution in [3.05, 3.63) is 0 Å². The third kappa shape index (κ3) is 43.9. The van der Waals surface area contributed by atoms with Gasteiger partial charge in [-0.1, -0.05) is 179 Å². The number of esters is 2. The summed E-state index contributed by atoms with van der Waals surface area (Å²) in [6, 6.07) is -0.850. The van der Waals surface area contributed by atoms with E-state index in [2.05, 4.69) is 87.3 Å². The van der Waals surface area contributed by atoms with Crippen LogP contribution in [0.25, 0.3) is 0 Å². The summed E-state index contributed by atoms with van der Waals surface area (Å²) in [7, 11) is 0. The van der Waals surface area contributed by atoms with Crippen LogP contribution in [0.15, 0.2) is 0 Å². The molecule has 0 aliphatic carbocycles. The molecule has 0 heterocycles. The zero-order valence-electron chi connectivity index (χ0n) is 45.2. The lowest BCUT2D eigenvalue weighted by Crippen LogP contribution is -2.48. The molecule has 0 spiro atoms. The Morgan fingerprint density at radius 2 is 0.765 bits per heavy atom. The SMILES string of the molecule is CCCCCCCCCC#CC#CCCCCCCCCCOC(=O)CC[C@H](NC(=O)CCCCC[N+](CC)(CC)CC)C(=O)OCCCCCCCCCC#CC#CCCCCCCCCC. The summed E-state index contributed by atoms with van der Waals surface area (Å²) >= 11 is 0. The maximum absolute atomic E-state index is 13.2. The predicted octanol–water partition coefficient (Wildman–Crippen LogP) is 15.3. The second-order valence-electron chi connectivity index (χ2n) is 19.3. The number of nitrogens with zero attached hydrogens (tertiary/aromatic N) is 1. The maximum Gasteiger partial charge on any atom is 0.328 e. The summed E-state index contributed by atoms with van der Waals surface area (Å²) in [6.07, 6.45) is 40.7. The lowest BCUT2D eigenvalue weighted by atomic mass is 10.1. The van der Waals surface area contributed by atoms with Gasteiger partial charge in [-0.15, -0.1) is 0 Å². The standard InChI is InChI=1S/C61H104N2O5/c1-6-11-13-15-17-19-21-23-25-27-29-31-33-35-37-39-41-43-45-50-56-67-60(65)54-53-58(62-59(64)52-48-47-49-55-63(8-3,9-4)10-5)61(66)68-57-51-46-44-42-40-38-36-34-32-30-28-26-24-22-20-18-16-14-12-7-2/h58H,6-24,33-57H2,1-5H3/p+1/t58-/m0/s1. The van der Waals surface area contributed by atoms with Gasteiger partial charge in [-0.2, -0.15) is 0 Å². The lowest BCUT2D eigenvalue weighted by molar-refractivity contribution is -0.923. The molecule has 0 radical (unpaired) electrons. The van der Waals surface area contributed by atoms with Gasteiger partial charge in [-0.25, -0.2) is 4.79 Å². The fourth-order valence-corrected chi connectivity index (χ4v) is 8.53. The topological polar surface area (TPSA) is 81.7 Å². The highest BCUT2D eigenvalue weighted by Gasteiger charge is 2.24. The zero-order valence-corrected chi connectivity index (χ0v) is 45.2. The first-order valence-corrected chi connectivity index (χ1v) is 28.8. The molecule has 1 N–H and O–H groups in total. The molecular formula is C61H105N2O5+. The molecule has 0 unspecified atom stereocenters. The van der Waals surface area contributed by atoms with E-state index in [1.54, 1.807) is 0 Å². The molecule has 7 nitrogen and oxygen atoms in total. The fraction of sp³-hybridized carbons (Fsp3) is 0.820. The highest BCUT2D eigenvalue weighted by atomic mass is 16.5. The van der Waals surface area contributed by atoms with Gasteiger partial charge in [0.1, 0.15) is 6.04 Å². The van der Waals surface area contributed by atoms with Crippen LogP contribution in [-0.4, -0.2) is 67.8 Å². The Kier molecular flexibility index (Phi) is 48.9. The van der Waals surface area contributed by atoms with Gasteiger partial charge < -0.3 is 19.3 Å². The number of hydrogen-bond donors (Lipinski definition) is 1. The van der Waals surface area contributed by atoms with Gasteiger partial charge in [0, 0.05) is 38.5 Å². The van der Waals surface area contributed by atoms with Gasteiger partial charge in [0.2, 0.25) is 5.91 Å². The largest absolute Gasteiger partial charge is 0.466 e. The van der Waals surface area contributed by atoms with Gasteiger partial charge in [0.15, 0.2) is 0 Å². The Morgan fingerprint density at radius 1 is 0.412 bits per heavy atom. The fourth-order valence-electron chi connectivity index (χ4n) is 8.53. The Labute approximate surface area is 421 Å². The molecule has 1 atom stereocenters. The van der Waals surface area contributed by atoms with E-state index in [-0.39, 0.29) is 24.7 Å². The number of ether oxygens (including phenoxy) is 2. The van der Waals surface area contributed by atoms with E-state index in [4.69, 9.17) is 9.47 Å². The molecule has 0 bridgehead atoms. The van der Waals surface area contributed by atoms with Crippen molar-refractivity contribution in [3.63, 3.8) is 0 Å². The van der Waals surface area contributed by atoms with Crippen molar-refractivity contribution in [2.75, 3.05) is 39.4 Å².